The van der Waals surface area contributed by atoms with Crippen molar-refractivity contribution in [2.45, 2.75) is 26.4 Å². The van der Waals surface area contributed by atoms with Gasteiger partial charge in [0.2, 0.25) is 5.91 Å². The second-order valence-corrected chi connectivity index (χ2v) is 7.43. The molecule has 0 saturated carbocycles. The lowest BCUT2D eigenvalue weighted by molar-refractivity contribution is -0.122. The maximum absolute atomic E-state index is 12.4. The zero-order valence-electron chi connectivity index (χ0n) is 18.0. The molecule has 0 aliphatic heterocycles. The highest BCUT2D eigenvalue weighted by Gasteiger charge is 2.16. The second kappa shape index (κ2) is 10.8. The van der Waals surface area contributed by atoms with Crippen LogP contribution >= 0.6 is 0 Å². The van der Waals surface area contributed by atoms with Gasteiger partial charge in [0.05, 0.1) is 0 Å². The van der Waals surface area contributed by atoms with Crippen LogP contribution in [0.15, 0.2) is 78.9 Å². The molecule has 0 radical (unpaired) electrons. The SMILES string of the molecule is Cc1cccc(NC(=O)Nc2cccc(CNC(=O)C(C)NC(=O)c3ccccc3)c2)c1. The third kappa shape index (κ3) is 6.70. The minimum atomic E-state index is -0.691. The molecule has 0 bridgehead atoms. The summed E-state index contributed by atoms with van der Waals surface area (Å²) in [6, 6.07) is 22.4. The van der Waals surface area contributed by atoms with Crippen LogP contribution in [0.4, 0.5) is 16.2 Å². The van der Waals surface area contributed by atoms with Crippen molar-refractivity contribution in [1.29, 1.82) is 0 Å². The summed E-state index contributed by atoms with van der Waals surface area (Å²) in [7, 11) is 0. The molecule has 3 aromatic carbocycles. The molecule has 4 N–H and O–H groups in total. The van der Waals surface area contributed by atoms with E-state index in [1.54, 1.807) is 49.4 Å². The summed E-state index contributed by atoms with van der Waals surface area (Å²) in [6.45, 7) is 3.85. The number of carbonyl (C=O) groups excluding carboxylic acids is 3. The van der Waals surface area contributed by atoms with Crippen LogP contribution in [0, 0.1) is 6.92 Å². The van der Waals surface area contributed by atoms with Crippen molar-refractivity contribution in [3.63, 3.8) is 0 Å². The van der Waals surface area contributed by atoms with Gasteiger partial charge in [0.25, 0.3) is 5.91 Å². The molecule has 0 spiro atoms. The van der Waals surface area contributed by atoms with Crippen LogP contribution in [0.1, 0.15) is 28.4 Å². The van der Waals surface area contributed by atoms with E-state index in [1.165, 1.54) is 0 Å². The Morgan fingerprint density at radius 2 is 1.47 bits per heavy atom. The highest BCUT2D eigenvalue weighted by Crippen LogP contribution is 2.13. The van der Waals surface area contributed by atoms with E-state index in [0.717, 1.165) is 11.1 Å². The molecule has 0 aromatic heterocycles. The highest BCUT2D eigenvalue weighted by molar-refractivity contribution is 6.00. The van der Waals surface area contributed by atoms with Crippen LogP contribution in [0.25, 0.3) is 0 Å². The first kappa shape index (κ1) is 22.6. The zero-order valence-corrected chi connectivity index (χ0v) is 18.0. The Bertz CT molecular complexity index is 1100. The van der Waals surface area contributed by atoms with Gasteiger partial charge in [-0.2, -0.15) is 0 Å². The van der Waals surface area contributed by atoms with Crippen LogP contribution in [0.3, 0.4) is 0 Å². The topological polar surface area (TPSA) is 99.3 Å². The predicted molar refractivity (Wildman–Crippen MR) is 125 cm³/mol. The molecule has 1 unspecified atom stereocenters. The van der Waals surface area contributed by atoms with Gasteiger partial charge in [0.1, 0.15) is 6.04 Å². The summed E-state index contributed by atoms with van der Waals surface area (Å²) in [6.07, 6.45) is 0. The molecule has 164 valence electrons. The summed E-state index contributed by atoms with van der Waals surface area (Å²) in [4.78, 5) is 36.8. The average molecular weight is 431 g/mol. The second-order valence-electron chi connectivity index (χ2n) is 7.43. The Morgan fingerprint density at radius 1 is 0.812 bits per heavy atom. The summed E-state index contributed by atoms with van der Waals surface area (Å²) in [5.74, 6) is -0.607. The summed E-state index contributed by atoms with van der Waals surface area (Å²) in [5, 5.41) is 11.1. The monoisotopic (exact) mass is 430 g/mol. The average Bonchev–Trinajstić information content (AvgIpc) is 2.78. The molecule has 0 heterocycles. The summed E-state index contributed by atoms with van der Waals surface area (Å²) < 4.78 is 0. The Balaban J connectivity index is 1.50. The third-order valence-electron chi connectivity index (χ3n) is 4.70. The van der Waals surface area contributed by atoms with Crippen LogP contribution in [-0.4, -0.2) is 23.9 Å². The molecule has 32 heavy (non-hydrogen) atoms. The molecule has 3 aromatic rings. The Morgan fingerprint density at radius 3 is 2.16 bits per heavy atom. The lowest BCUT2D eigenvalue weighted by atomic mass is 10.2. The fraction of sp³-hybridized carbons (Fsp3) is 0.160. The molecule has 0 saturated heterocycles. The number of carbonyl (C=O) groups is 3. The Kier molecular flexibility index (Phi) is 7.59. The first-order chi connectivity index (χ1) is 15.4. The number of amides is 4. The molecule has 0 aliphatic rings. The molecular formula is C25H26N4O3. The van der Waals surface area contributed by atoms with E-state index >= 15 is 0 Å². The minimum absolute atomic E-state index is 0.263. The van der Waals surface area contributed by atoms with E-state index in [2.05, 4.69) is 21.3 Å². The summed E-state index contributed by atoms with van der Waals surface area (Å²) in [5.41, 5.74) is 3.67. The lowest BCUT2D eigenvalue weighted by Crippen LogP contribution is -2.44. The predicted octanol–water partition coefficient (Wildman–Crippen LogP) is 4.07. The molecule has 4 amide bonds. The van der Waals surface area contributed by atoms with Crippen molar-refractivity contribution in [3.05, 3.63) is 95.6 Å². The van der Waals surface area contributed by atoms with E-state index in [0.29, 0.717) is 16.9 Å². The van der Waals surface area contributed by atoms with Gasteiger partial charge in [-0.1, -0.05) is 42.5 Å². The number of anilines is 2. The molecule has 1 atom stereocenters. The van der Waals surface area contributed by atoms with Gasteiger partial charge in [-0.05, 0) is 61.4 Å². The van der Waals surface area contributed by atoms with Crippen LogP contribution in [0.5, 0.6) is 0 Å². The highest BCUT2D eigenvalue weighted by atomic mass is 16.2. The van der Waals surface area contributed by atoms with Crippen molar-refractivity contribution in [1.82, 2.24) is 10.6 Å². The first-order valence-corrected chi connectivity index (χ1v) is 10.3. The van der Waals surface area contributed by atoms with E-state index in [9.17, 15) is 14.4 Å². The van der Waals surface area contributed by atoms with Gasteiger partial charge in [-0.3, -0.25) is 9.59 Å². The molecular weight excluding hydrogens is 404 g/mol. The fourth-order valence-electron chi connectivity index (χ4n) is 3.05. The molecule has 7 heteroatoms. The quantitative estimate of drug-likeness (QED) is 0.455. The molecule has 0 fully saturated rings. The maximum atomic E-state index is 12.4. The fourth-order valence-corrected chi connectivity index (χ4v) is 3.05. The Labute approximate surface area is 187 Å². The molecule has 7 nitrogen and oxygen atoms in total. The number of hydrogen-bond donors (Lipinski definition) is 4. The van der Waals surface area contributed by atoms with Crippen molar-refractivity contribution < 1.29 is 14.4 Å². The van der Waals surface area contributed by atoms with Crippen LogP contribution in [0.2, 0.25) is 0 Å². The van der Waals surface area contributed by atoms with Crippen molar-refractivity contribution in [2.75, 3.05) is 10.6 Å². The van der Waals surface area contributed by atoms with Gasteiger partial charge < -0.3 is 21.3 Å². The van der Waals surface area contributed by atoms with Gasteiger partial charge in [0, 0.05) is 23.5 Å². The lowest BCUT2D eigenvalue weighted by Gasteiger charge is -2.15. The van der Waals surface area contributed by atoms with Gasteiger partial charge >= 0.3 is 6.03 Å². The number of rotatable bonds is 7. The van der Waals surface area contributed by atoms with Gasteiger partial charge in [-0.15, -0.1) is 0 Å². The van der Waals surface area contributed by atoms with Crippen molar-refractivity contribution in [3.8, 4) is 0 Å². The van der Waals surface area contributed by atoms with Gasteiger partial charge in [-0.25, -0.2) is 4.79 Å². The smallest absolute Gasteiger partial charge is 0.323 e. The third-order valence-corrected chi connectivity index (χ3v) is 4.70. The molecule has 0 aliphatic carbocycles. The van der Waals surface area contributed by atoms with Crippen LogP contribution < -0.4 is 21.3 Å². The standard InChI is InChI=1S/C25H26N4O3/c1-17-8-6-12-21(14-17)28-25(32)29-22-13-7-9-19(15-22)16-26-23(30)18(2)27-24(31)20-10-4-3-5-11-20/h3-15,18H,16H2,1-2H3,(H,26,30)(H,27,31)(H2,28,29,32). The van der Waals surface area contributed by atoms with Gasteiger partial charge in [0.15, 0.2) is 0 Å². The van der Waals surface area contributed by atoms with E-state index in [4.69, 9.17) is 0 Å². The molecule has 3 rings (SSSR count). The van der Waals surface area contributed by atoms with Crippen molar-refractivity contribution in [2.24, 2.45) is 0 Å². The zero-order chi connectivity index (χ0) is 22.9. The number of nitrogens with one attached hydrogen (secondary N) is 4. The number of benzene rings is 3. The first-order valence-electron chi connectivity index (χ1n) is 10.3. The minimum Gasteiger partial charge on any atom is -0.350 e. The Hall–Kier alpha value is -4.13. The number of aryl methyl sites for hydroxylation is 1. The number of urea groups is 1. The maximum Gasteiger partial charge on any atom is 0.323 e. The van der Waals surface area contributed by atoms with Crippen molar-refractivity contribution >= 4 is 29.2 Å². The van der Waals surface area contributed by atoms with E-state index < -0.39 is 6.04 Å². The summed E-state index contributed by atoms with van der Waals surface area (Å²) >= 11 is 0. The van der Waals surface area contributed by atoms with E-state index in [-0.39, 0.29) is 24.4 Å². The number of hydrogen-bond acceptors (Lipinski definition) is 3. The van der Waals surface area contributed by atoms with E-state index in [1.807, 2.05) is 43.3 Å². The largest absolute Gasteiger partial charge is 0.350 e. The normalized spacial score (nSPS) is 11.2. The van der Waals surface area contributed by atoms with Crippen LogP contribution in [-0.2, 0) is 11.3 Å².